The zero-order valence-corrected chi connectivity index (χ0v) is 32.7. The van der Waals surface area contributed by atoms with E-state index in [-0.39, 0.29) is 17.6 Å². The zero-order chi connectivity index (χ0) is 40.1. The number of hydrogen-bond acceptors (Lipinski definition) is 6. The summed E-state index contributed by atoms with van der Waals surface area (Å²) < 4.78 is 3.70. The number of tetrazole rings is 1. The topological polar surface area (TPSA) is 120 Å². The highest BCUT2D eigenvalue weighted by atomic mass is 16.2. The van der Waals surface area contributed by atoms with E-state index in [1.165, 1.54) is 0 Å². The average Bonchev–Trinajstić information content (AvgIpc) is 3.74. The first-order valence-corrected chi connectivity index (χ1v) is 19.6. The van der Waals surface area contributed by atoms with Crippen LogP contribution in [-0.4, -0.2) is 41.8 Å². The van der Waals surface area contributed by atoms with Gasteiger partial charge in [0.25, 0.3) is 5.56 Å². The molecular formula is C48H44N8O2. The van der Waals surface area contributed by atoms with Gasteiger partial charge in [0.05, 0.1) is 17.4 Å². The number of carbonyl (C=O) groups is 1. The number of nitrogens with one attached hydrogen (secondary N) is 2. The standard InChI is InChI=1S/C48H44N8O2/c1-4-16-44-51-43-30-29-39(50-47(58)49-33(2)3)31-42(43)46(57)55(44)32-34-25-27-35(28-26-34)40-23-14-15-24-41(40)45-52-53-54-56(45)48(36-17-8-5-9-18-36,37-19-10-6-11-20-37)38-21-12-7-13-22-38/h5-15,17-31,33H,4,16,32H2,1-3H3,(H2,49,50,58). The van der Waals surface area contributed by atoms with Gasteiger partial charge in [-0.2, -0.15) is 0 Å². The maximum atomic E-state index is 14.1. The molecule has 0 fully saturated rings. The van der Waals surface area contributed by atoms with Gasteiger partial charge in [0.2, 0.25) is 0 Å². The van der Waals surface area contributed by atoms with E-state index in [9.17, 15) is 9.59 Å². The predicted molar refractivity (Wildman–Crippen MR) is 230 cm³/mol. The molecule has 288 valence electrons. The van der Waals surface area contributed by atoms with Crippen LogP contribution in [0.3, 0.4) is 0 Å². The summed E-state index contributed by atoms with van der Waals surface area (Å²) in [7, 11) is 0. The smallest absolute Gasteiger partial charge is 0.319 e. The maximum absolute atomic E-state index is 14.1. The number of anilines is 1. The second-order valence-electron chi connectivity index (χ2n) is 14.6. The van der Waals surface area contributed by atoms with Crippen LogP contribution in [0.4, 0.5) is 10.5 Å². The lowest BCUT2D eigenvalue weighted by molar-refractivity contribution is 0.250. The van der Waals surface area contributed by atoms with Crippen LogP contribution >= 0.6 is 0 Å². The van der Waals surface area contributed by atoms with E-state index in [1.807, 2.05) is 85.3 Å². The summed E-state index contributed by atoms with van der Waals surface area (Å²) in [6, 6.07) is 52.4. The molecule has 0 spiro atoms. The molecule has 0 aliphatic heterocycles. The van der Waals surface area contributed by atoms with Crippen molar-refractivity contribution in [1.82, 2.24) is 35.1 Å². The van der Waals surface area contributed by atoms with Gasteiger partial charge in [0, 0.05) is 23.7 Å². The third-order valence-electron chi connectivity index (χ3n) is 10.3. The maximum Gasteiger partial charge on any atom is 0.319 e. The first kappa shape index (κ1) is 37.7. The van der Waals surface area contributed by atoms with Crippen LogP contribution in [0.25, 0.3) is 33.4 Å². The minimum Gasteiger partial charge on any atom is -0.336 e. The summed E-state index contributed by atoms with van der Waals surface area (Å²) >= 11 is 0. The van der Waals surface area contributed by atoms with Crippen LogP contribution in [0.2, 0.25) is 0 Å². The molecule has 2 heterocycles. The molecule has 2 N–H and O–H groups in total. The Balaban J connectivity index is 1.18. The van der Waals surface area contributed by atoms with Crippen LogP contribution in [0.5, 0.6) is 0 Å². The van der Waals surface area contributed by atoms with E-state index in [1.54, 1.807) is 22.8 Å². The summed E-state index contributed by atoms with van der Waals surface area (Å²) in [5.41, 5.74) is 6.92. The molecule has 0 saturated carbocycles. The predicted octanol–water partition coefficient (Wildman–Crippen LogP) is 9.09. The van der Waals surface area contributed by atoms with Crippen molar-refractivity contribution in [2.75, 3.05) is 5.32 Å². The van der Waals surface area contributed by atoms with E-state index in [0.717, 1.165) is 51.2 Å². The van der Waals surface area contributed by atoms with E-state index in [2.05, 4.69) is 95.6 Å². The first-order chi connectivity index (χ1) is 28.4. The van der Waals surface area contributed by atoms with Gasteiger partial charge in [-0.05, 0) is 82.3 Å². The quantitative estimate of drug-likeness (QED) is 0.120. The van der Waals surface area contributed by atoms with Gasteiger partial charge in [-0.15, -0.1) is 5.10 Å². The fraction of sp³-hybridized carbons (Fsp3) is 0.167. The molecule has 0 atom stereocenters. The van der Waals surface area contributed by atoms with Crippen LogP contribution < -0.4 is 16.2 Å². The molecular weight excluding hydrogens is 721 g/mol. The van der Waals surface area contributed by atoms with E-state index in [4.69, 9.17) is 15.3 Å². The summed E-state index contributed by atoms with van der Waals surface area (Å²) in [6.07, 6.45) is 1.49. The number of hydrogen-bond donors (Lipinski definition) is 2. The van der Waals surface area contributed by atoms with Crippen molar-refractivity contribution in [2.24, 2.45) is 0 Å². The van der Waals surface area contributed by atoms with Gasteiger partial charge in [-0.3, -0.25) is 9.36 Å². The Hall–Kier alpha value is -7.20. The summed E-state index contributed by atoms with van der Waals surface area (Å²) in [6.45, 7) is 6.20. The second-order valence-corrected chi connectivity index (χ2v) is 14.6. The minimum atomic E-state index is -0.895. The normalized spacial score (nSPS) is 11.5. The lowest BCUT2D eigenvalue weighted by atomic mass is 9.77. The van der Waals surface area contributed by atoms with Crippen molar-refractivity contribution in [2.45, 2.75) is 51.7 Å². The minimum absolute atomic E-state index is 0.0219. The van der Waals surface area contributed by atoms with Crippen molar-refractivity contribution in [3.63, 3.8) is 0 Å². The van der Waals surface area contributed by atoms with Gasteiger partial charge >= 0.3 is 6.03 Å². The van der Waals surface area contributed by atoms with E-state index < -0.39 is 5.54 Å². The lowest BCUT2D eigenvalue weighted by Crippen LogP contribution is -2.39. The van der Waals surface area contributed by atoms with Gasteiger partial charge in [-0.1, -0.05) is 146 Å². The van der Waals surface area contributed by atoms with Crippen LogP contribution in [0.15, 0.2) is 163 Å². The van der Waals surface area contributed by atoms with Crippen LogP contribution in [0.1, 0.15) is 55.3 Å². The van der Waals surface area contributed by atoms with Crippen LogP contribution in [0, 0.1) is 0 Å². The number of nitrogens with zero attached hydrogens (tertiary/aromatic N) is 6. The molecule has 0 aliphatic rings. The number of benzene rings is 6. The monoisotopic (exact) mass is 764 g/mol. The fourth-order valence-corrected chi connectivity index (χ4v) is 7.74. The second kappa shape index (κ2) is 16.5. The largest absolute Gasteiger partial charge is 0.336 e. The fourth-order valence-electron chi connectivity index (χ4n) is 7.74. The molecule has 0 aliphatic carbocycles. The van der Waals surface area contributed by atoms with Crippen molar-refractivity contribution < 1.29 is 4.79 Å². The Morgan fingerprint density at radius 2 is 1.31 bits per heavy atom. The van der Waals surface area contributed by atoms with Crippen molar-refractivity contribution >= 4 is 22.6 Å². The first-order valence-electron chi connectivity index (χ1n) is 19.6. The highest BCUT2D eigenvalue weighted by Gasteiger charge is 2.42. The molecule has 58 heavy (non-hydrogen) atoms. The summed E-state index contributed by atoms with van der Waals surface area (Å²) in [5.74, 6) is 1.34. The van der Waals surface area contributed by atoms with Gasteiger partial charge in [0.1, 0.15) is 11.4 Å². The molecule has 6 aromatic carbocycles. The SMILES string of the molecule is CCCc1nc2ccc(NC(=O)NC(C)C)cc2c(=O)n1Cc1ccc(-c2ccccc2-c2nnnn2C(c2ccccc2)(c2ccccc2)c2ccccc2)cc1. The highest BCUT2D eigenvalue weighted by molar-refractivity contribution is 5.92. The molecule has 0 bridgehead atoms. The summed E-state index contributed by atoms with van der Waals surface area (Å²) in [4.78, 5) is 31.4. The van der Waals surface area contributed by atoms with Gasteiger partial charge < -0.3 is 10.6 Å². The molecule has 8 rings (SSSR count). The Labute approximate surface area is 337 Å². The van der Waals surface area contributed by atoms with Gasteiger partial charge in [0.15, 0.2) is 5.82 Å². The van der Waals surface area contributed by atoms with Crippen molar-refractivity contribution in [3.05, 3.63) is 196 Å². The highest BCUT2D eigenvalue weighted by Crippen LogP contribution is 2.43. The third-order valence-corrected chi connectivity index (χ3v) is 10.3. The number of amides is 2. The summed E-state index contributed by atoms with van der Waals surface area (Å²) in [5, 5.41) is 19.9. The molecule has 10 nitrogen and oxygen atoms in total. The molecule has 0 unspecified atom stereocenters. The number of aromatic nitrogens is 6. The number of rotatable bonds is 12. The van der Waals surface area contributed by atoms with E-state index in [0.29, 0.717) is 35.4 Å². The Bertz CT molecular complexity index is 2630. The number of aryl methyl sites for hydroxylation is 1. The number of urea groups is 1. The Morgan fingerprint density at radius 1 is 0.724 bits per heavy atom. The van der Waals surface area contributed by atoms with Crippen LogP contribution in [-0.2, 0) is 18.5 Å². The van der Waals surface area contributed by atoms with E-state index >= 15 is 0 Å². The number of fused-ring (bicyclic) bond motifs is 1. The molecule has 0 saturated heterocycles. The molecule has 2 aromatic heterocycles. The molecule has 10 heteroatoms. The van der Waals surface area contributed by atoms with Gasteiger partial charge in [-0.25, -0.2) is 14.5 Å². The van der Waals surface area contributed by atoms with Crippen molar-refractivity contribution in [1.29, 1.82) is 0 Å². The lowest BCUT2D eigenvalue weighted by Gasteiger charge is -2.36. The Morgan fingerprint density at radius 3 is 1.90 bits per heavy atom. The molecule has 2 amide bonds. The average molecular weight is 765 g/mol. The number of carbonyl (C=O) groups excluding carboxylic acids is 1. The Kier molecular flexibility index (Phi) is 10.7. The van der Waals surface area contributed by atoms with Crippen molar-refractivity contribution in [3.8, 4) is 22.5 Å². The third kappa shape index (κ3) is 7.28. The molecule has 0 radical (unpaired) electrons. The molecule has 8 aromatic rings. The zero-order valence-electron chi connectivity index (χ0n) is 32.7.